The number of hydrogen-bond acceptors (Lipinski definition) is 1. The minimum atomic E-state index is 0.240. The summed E-state index contributed by atoms with van der Waals surface area (Å²) >= 11 is 3.46. The van der Waals surface area contributed by atoms with Crippen LogP contribution in [0.4, 0.5) is 0 Å². The van der Waals surface area contributed by atoms with E-state index in [0.29, 0.717) is 0 Å². The van der Waals surface area contributed by atoms with Gasteiger partial charge in [0.1, 0.15) is 5.75 Å². The molecular weight excluding hydrogens is 264 g/mol. The average molecular weight is 278 g/mol. The molecular formula is C14H14BrO. The third kappa shape index (κ3) is 2.56. The van der Waals surface area contributed by atoms with Gasteiger partial charge in [0, 0.05) is 10.5 Å². The van der Waals surface area contributed by atoms with Crippen molar-refractivity contribution in [3.8, 4) is 5.75 Å². The third-order valence-electron chi connectivity index (χ3n) is 2.59. The van der Waals surface area contributed by atoms with Gasteiger partial charge < -0.3 is 4.74 Å². The number of benzene rings is 2. The summed E-state index contributed by atoms with van der Waals surface area (Å²) in [7, 11) is 0. The van der Waals surface area contributed by atoms with Crippen LogP contribution in [-0.2, 0) is 0 Å². The Kier molecular flexibility index (Phi) is 3.49. The lowest BCUT2D eigenvalue weighted by atomic mass is 10.1. The Morgan fingerprint density at radius 1 is 1.31 bits per heavy atom. The Bertz CT molecular complexity index is 493. The number of ether oxygens (including phenoxy) is 1. The summed E-state index contributed by atoms with van der Waals surface area (Å²) in [5, 5.41) is 2.26. The Balaban J connectivity index is 2.33. The molecule has 2 heteroatoms. The van der Waals surface area contributed by atoms with Crippen LogP contribution in [0.5, 0.6) is 5.75 Å². The average Bonchev–Trinajstić information content (AvgIpc) is 2.29. The molecule has 0 heterocycles. The first kappa shape index (κ1) is 11.5. The first-order valence-corrected chi connectivity index (χ1v) is 6.26. The lowest BCUT2D eigenvalue weighted by Gasteiger charge is -2.12. The largest absolute Gasteiger partial charge is 0.490 e. The summed E-state index contributed by atoms with van der Waals surface area (Å²) < 4.78 is 6.82. The van der Waals surface area contributed by atoms with Crippen molar-refractivity contribution in [3.05, 3.63) is 40.9 Å². The van der Waals surface area contributed by atoms with Gasteiger partial charge >= 0.3 is 0 Å². The highest BCUT2D eigenvalue weighted by Gasteiger charge is 2.02. The van der Waals surface area contributed by atoms with Crippen LogP contribution in [0.25, 0.3) is 10.8 Å². The van der Waals surface area contributed by atoms with E-state index in [-0.39, 0.29) is 6.10 Å². The molecule has 0 aliphatic rings. The molecule has 2 rings (SSSR count). The van der Waals surface area contributed by atoms with E-state index in [1.807, 2.05) is 18.2 Å². The van der Waals surface area contributed by atoms with Crippen molar-refractivity contribution < 1.29 is 4.74 Å². The van der Waals surface area contributed by atoms with Crippen LogP contribution in [0.2, 0.25) is 0 Å². The molecule has 0 N–H and O–H groups in total. The maximum Gasteiger partial charge on any atom is 0.128 e. The highest BCUT2D eigenvalue weighted by atomic mass is 79.9. The van der Waals surface area contributed by atoms with Crippen LogP contribution in [0.1, 0.15) is 20.3 Å². The van der Waals surface area contributed by atoms with Gasteiger partial charge in [-0.1, -0.05) is 35.0 Å². The highest BCUT2D eigenvalue weighted by Crippen LogP contribution is 2.24. The van der Waals surface area contributed by atoms with Gasteiger partial charge in [-0.25, -0.2) is 0 Å². The van der Waals surface area contributed by atoms with Crippen molar-refractivity contribution in [2.45, 2.75) is 26.4 Å². The van der Waals surface area contributed by atoms with Crippen LogP contribution >= 0.6 is 15.9 Å². The van der Waals surface area contributed by atoms with E-state index in [1.165, 1.54) is 5.39 Å². The van der Waals surface area contributed by atoms with Crippen molar-refractivity contribution in [2.75, 3.05) is 0 Å². The Morgan fingerprint density at radius 2 is 2.12 bits per heavy atom. The van der Waals surface area contributed by atoms with Crippen molar-refractivity contribution in [2.24, 2.45) is 0 Å². The van der Waals surface area contributed by atoms with Gasteiger partial charge in [0.25, 0.3) is 0 Å². The molecule has 0 aliphatic heterocycles. The maximum atomic E-state index is 5.73. The molecule has 0 saturated heterocycles. The van der Waals surface area contributed by atoms with Crippen molar-refractivity contribution in [1.82, 2.24) is 0 Å². The molecule has 0 aromatic heterocycles. The molecule has 83 valence electrons. The zero-order chi connectivity index (χ0) is 11.5. The highest BCUT2D eigenvalue weighted by molar-refractivity contribution is 9.10. The number of rotatable bonds is 3. The van der Waals surface area contributed by atoms with Gasteiger partial charge in [-0.05, 0) is 42.3 Å². The smallest absolute Gasteiger partial charge is 0.128 e. The van der Waals surface area contributed by atoms with Crippen LogP contribution < -0.4 is 4.74 Å². The summed E-state index contributed by atoms with van der Waals surface area (Å²) in [4.78, 5) is 0. The fraction of sp³-hybridized carbons (Fsp3) is 0.286. The fourth-order valence-corrected chi connectivity index (χ4v) is 1.87. The molecule has 16 heavy (non-hydrogen) atoms. The second-order valence-electron chi connectivity index (χ2n) is 3.89. The van der Waals surface area contributed by atoms with E-state index in [0.717, 1.165) is 22.0 Å². The van der Waals surface area contributed by atoms with E-state index in [1.54, 1.807) is 0 Å². The SMILES string of the molecule is CCC(C)Oc1[c]c2ccc(Br)cc2cc1. The van der Waals surface area contributed by atoms with Gasteiger partial charge in [-0.3, -0.25) is 0 Å². The monoisotopic (exact) mass is 277 g/mol. The summed E-state index contributed by atoms with van der Waals surface area (Å²) in [5.41, 5.74) is 0. The van der Waals surface area contributed by atoms with Gasteiger partial charge in [-0.15, -0.1) is 0 Å². The quantitative estimate of drug-likeness (QED) is 0.798. The molecule has 0 fully saturated rings. The van der Waals surface area contributed by atoms with Gasteiger partial charge in [-0.2, -0.15) is 0 Å². The standard InChI is InChI=1S/C14H14BrO/c1-3-10(2)16-14-7-5-11-8-13(15)6-4-12(11)9-14/h4-8,10H,3H2,1-2H3. The third-order valence-corrected chi connectivity index (χ3v) is 3.08. The van der Waals surface area contributed by atoms with E-state index in [2.05, 4.69) is 48.0 Å². The summed E-state index contributed by atoms with van der Waals surface area (Å²) in [5.74, 6) is 0.823. The lowest BCUT2D eigenvalue weighted by Crippen LogP contribution is -2.09. The fourth-order valence-electron chi connectivity index (χ4n) is 1.49. The van der Waals surface area contributed by atoms with Crippen molar-refractivity contribution in [1.29, 1.82) is 0 Å². The van der Waals surface area contributed by atoms with E-state index in [9.17, 15) is 0 Å². The molecule has 0 bridgehead atoms. The zero-order valence-electron chi connectivity index (χ0n) is 9.46. The van der Waals surface area contributed by atoms with Crippen LogP contribution in [0.15, 0.2) is 34.8 Å². The first-order chi connectivity index (χ1) is 7.69. The van der Waals surface area contributed by atoms with E-state index < -0.39 is 0 Å². The maximum absolute atomic E-state index is 5.73. The Morgan fingerprint density at radius 3 is 2.88 bits per heavy atom. The van der Waals surface area contributed by atoms with Gasteiger partial charge in [0.15, 0.2) is 0 Å². The molecule has 2 aromatic rings. The normalized spacial score (nSPS) is 12.7. The molecule has 1 radical (unpaired) electrons. The number of fused-ring (bicyclic) bond motifs is 1. The predicted molar refractivity (Wildman–Crippen MR) is 70.9 cm³/mol. The Hall–Kier alpha value is -1.02. The van der Waals surface area contributed by atoms with Crippen molar-refractivity contribution in [3.63, 3.8) is 0 Å². The molecule has 2 aromatic carbocycles. The molecule has 0 saturated carbocycles. The second kappa shape index (κ2) is 4.88. The topological polar surface area (TPSA) is 9.23 Å². The summed E-state index contributed by atoms with van der Waals surface area (Å²) in [6.07, 6.45) is 1.25. The second-order valence-corrected chi connectivity index (χ2v) is 4.81. The predicted octanol–water partition coefficient (Wildman–Crippen LogP) is 4.58. The molecule has 0 aliphatic carbocycles. The van der Waals surface area contributed by atoms with E-state index >= 15 is 0 Å². The summed E-state index contributed by atoms with van der Waals surface area (Å²) in [6.45, 7) is 4.18. The first-order valence-electron chi connectivity index (χ1n) is 5.47. The van der Waals surface area contributed by atoms with Crippen LogP contribution in [0, 0.1) is 6.07 Å². The number of hydrogen-bond donors (Lipinski definition) is 0. The van der Waals surface area contributed by atoms with E-state index in [4.69, 9.17) is 4.74 Å². The minimum Gasteiger partial charge on any atom is -0.490 e. The molecule has 1 atom stereocenters. The number of halogens is 1. The minimum absolute atomic E-state index is 0.240. The van der Waals surface area contributed by atoms with Crippen LogP contribution in [0.3, 0.4) is 0 Å². The van der Waals surface area contributed by atoms with Crippen LogP contribution in [-0.4, -0.2) is 6.10 Å². The molecule has 1 unspecified atom stereocenters. The Labute approximate surface area is 105 Å². The molecule has 0 spiro atoms. The molecule has 1 nitrogen and oxygen atoms in total. The van der Waals surface area contributed by atoms with Gasteiger partial charge in [0.05, 0.1) is 6.10 Å². The lowest BCUT2D eigenvalue weighted by molar-refractivity contribution is 0.217. The van der Waals surface area contributed by atoms with Gasteiger partial charge in [0.2, 0.25) is 0 Å². The van der Waals surface area contributed by atoms with Crippen molar-refractivity contribution >= 4 is 26.7 Å². The zero-order valence-corrected chi connectivity index (χ0v) is 11.0. The molecule has 0 amide bonds. The summed E-state index contributed by atoms with van der Waals surface area (Å²) in [6, 6.07) is 13.5.